The van der Waals surface area contributed by atoms with Crippen LogP contribution in [0.1, 0.15) is 41.5 Å². The van der Waals surface area contributed by atoms with Crippen molar-refractivity contribution in [3.63, 3.8) is 0 Å². The first kappa shape index (κ1) is 86.1. The normalized spacial score (nSPS) is 10.9. The van der Waals surface area contributed by atoms with E-state index in [2.05, 4.69) is 354 Å². The summed E-state index contributed by atoms with van der Waals surface area (Å²) >= 11 is 0. The molecule has 0 atom stereocenters. The molecule has 1 radical (unpaired) electrons. The van der Waals surface area contributed by atoms with Crippen LogP contribution in [0.15, 0.2) is 419 Å². The Hall–Kier alpha value is -15.9. The van der Waals surface area contributed by atoms with Gasteiger partial charge in [0.25, 0.3) is 0 Å². The Morgan fingerprint density at radius 1 is 0.276 bits per heavy atom. The molecule has 3 heterocycles. The Bertz CT molecular complexity index is 6580. The summed E-state index contributed by atoms with van der Waals surface area (Å²) in [6.45, 7) is 5.66. The van der Waals surface area contributed by atoms with Gasteiger partial charge in [0.2, 0.25) is 0 Å². The third kappa shape index (κ3) is 19.2. The summed E-state index contributed by atoms with van der Waals surface area (Å²) in [5.41, 5.74) is 21.1. The van der Waals surface area contributed by atoms with Crippen LogP contribution >= 0.6 is 0 Å². The van der Waals surface area contributed by atoms with Crippen molar-refractivity contribution < 1.29 is 39.6 Å². The molecule has 18 aromatic carbocycles. The Morgan fingerprint density at radius 2 is 0.496 bits per heavy atom. The number of fused-ring (bicyclic) bond motifs is 18. The van der Waals surface area contributed by atoms with Crippen molar-refractivity contribution in [2.75, 3.05) is 14.7 Å². The fraction of sp³-hybridized carbons (Fsp3) is 0.0531. The number of allylic oxidation sites excluding steroid dienone is 2. The number of hydrogen-bond donors (Lipinski definition) is 1. The van der Waals surface area contributed by atoms with E-state index >= 15 is 0 Å². The van der Waals surface area contributed by atoms with Gasteiger partial charge in [0.05, 0.1) is 57.5 Å². The van der Waals surface area contributed by atoms with E-state index in [9.17, 15) is 14.4 Å². The Balaban J connectivity index is 0.000000135. The van der Waals surface area contributed by atoms with Crippen molar-refractivity contribution in [3.05, 3.63) is 431 Å². The molecule has 0 unspecified atom stereocenters. The second-order valence-corrected chi connectivity index (χ2v) is 30.1. The predicted octanol–water partition coefficient (Wildman–Crippen LogP) is 29.0. The number of aliphatic hydroxyl groups is 1. The molecule has 0 aliphatic carbocycles. The average molecular weight is 1830 g/mol. The van der Waals surface area contributed by atoms with Gasteiger partial charge in [-0.1, -0.05) is 272 Å². The molecule has 0 aliphatic heterocycles. The number of nitrogens with zero attached hydrogens (tertiary/aromatic N) is 9. The minimum Gasteiger partial charge on any atom is -0.512 e. The zero-order valence-electron chi connectivity index (χ0n) is 69.5. The summed E-state index contributed by atoms with van der Waals surface area (Å²) in [5.74, 6) is -0.187. The number of aromatic nitrogens is 6. The van der Waals surface area contributed by atoms with Crippen LogP contribution in [0.3, 0.4) is 0 Å². The molecule has 0 spiro atoms. The van der Waals surface area contributed by atoms with E-state index in [1.807, 2.05) is 79.3 Å². The minimum atomic E-state index is -0.125. The van der Waals surface area contributed by atoms with Crippen LogP contribution < -0.4 is 14.7 Å². The van der Waals surface area contributed by atoms with Gasteiger partial charge in [0.1, 0.15) is 11.6 Å². The first-order valence-electron chi connectivity index (χ1n) is 41.3. The quantitative estimate of drug-likeness (QED) is 0.0340. The standard InChI is InChI=1S/C34H23N3.2C34H22N3.2C5H8O2.CH4.Ir/c3*1-3-11-25(12-4-1)37(26-13-5-2-6-14-26)27-21-19-24(20-22-27)32-23-35-33-30-17-9-7-15-28(30)29-16-8-10-18-31(29)34(33)36-32;2*1-4(6)3-5(2)7;;/h1-23H;2*1-16,18-23H;3H2,1-2H3;3,6H,1-2H3;1H4;/q;2*-1;;;;. The first-order chi connectivity index (χ1) is 61.3. The zero-order chi connectivity index (χ0) is 85.5. The topological polar surface area (TPSA) is 158 Å². The van der Waals surface area contributed by atoms with Crippen LogP contribution in [-0.2, 0) is 34.5 Å². The number of rotatable bonds is 15. The molecule has 619 valence electrons. The molecule has 21 aromatic rings. The fourth-order valence-corrected chi connectivity index (χ4v) is 15.9. The number of carbonyl (C=O) groups is 3. The van der Waals surface area contributed by atoms with Gasteiger partial charge in [-0.15, -0.1) is 59.3 Å². The van der Waals surface area contributed by atoms with Gasteiger partial charge in [-0.25, -0.2) is 4.98 Å². The fourth-order valence-electron chi connectivity index (χ4n) is 15.9. The van der Waals surface area contributed by atoms with Gasteiger partial charge in [-0.05, 0) is 158 Å². The van der Waals surface area contributed by atoms with E-state index in [1.54, 1.807) is 0 Å². The summed E-state index contributed by atoms with van der Waals surface area (Å²) < 4.78 is 0. The monoisotopic (exact) mass is 1830 g/mol. The maximum absolute atomic E-state index is 10.0. The van der Waals surface area contributed by atoms with Crippen LogP contribution in [0, 0.1) is 12.1 Å². The molecule has 0 fully saturated rings. The van der Waals surface area contributed by atoms with Gasteiger partial charge in [-0.3, -0.25) is 29.3 Å². The predicted molar refractivity (Wildman–Crippen MR) is 521 cm³/mol. The number of ketones is 3. The Kier molecular flexibility index (Phi) is 27.1. The van der Waals surface area contributed by atoms with Crippen molar-refractivity contribution in [1.82, 2.24) is 29.9 Å². The molecule has 14 heteroatoms. The number of benzene rings is 18. The van der Waals surface area contributed by atoms with E-state index in [4.69, 9.17) is 35.0 Å². The molecular formula is C113H87IrN9O4-2. The summed E-state index contributed by atoms with van der Waals surface area (Å²) in [6.07, 6.45) is 6.89. The van der Waals surface area contributed by atoms with E-state index in [1.165, 1.54) is 55.3 Å². The van der Waals surface area contributed by atoms with Crippen molar-refractivity contribution >= 4 is 166 Å². The minimum absolute atomic E-state index is 0. The van der Waals surface area contributed by atoms with Gasteiger partial charge in [-0.2, -0.15) is 0 Å². The van der Waals surface area contributed by atoms with Crippen molar-refractivity contribution in [2.24, 2.45) is 0 Å². The van der Waals surface area contributed by atoms with Crippen LogP contribution in [-0.4, -0.2) is 52.4 Å². The number of anilines is 9. The Morgan fingerprint density at radius 3 is 0.740 bits per heavy atom. The smallest absolute Gasteiger partial charge is 0.155 e. The maximum Gasteiger partial charge on any atom is 0.155 e. The molecule has 3 aromatic heterocycles. The van der Waals surface area contributed by atoms with Crippen LogP contribution in [0.2, 0.25) is 0 Å². The first-order valence-corrected chi connectivity index (χ1v) is 41.3. The largest absolute Gasteiger partial charge is 0.512 e. The molecule has 0 amide bonds. The van der Waals surface area contributed by atoms with Crippen molar-refractivity contribution in [2.45, 2.75) is 41.5 Å². The number of aliphatic hydroxyl groups excluding tert-OH is 1. The zero-order valence-corrected chi connectivity index (χ0v) is 71.9. The summed E-state index contributed by atoms with van der Waals surface area (Å²) in [7, 11) is 0. The second kappa shape index (κ2) is 40.0. The Labute approximate surface area is 751 Å². The van der Waals surface area contributed by atoms with Gasteiger partial charge >= 0.3 is 0 Å². The summed E-state index contributed by atoms with van der Waals surface area (Å²) in [4.78, 5) is 66.9. The number of para-hydroxylation sites is 6. The average Bonchev–Trinajstić information content (AvgIpc) is 0.750. The SMILES string of the molecule is C.CC(=O)C=C(C)O.CC(=O)CC(C)=O.[Ir].[c-]1cccc2c1c1ncc(-c3ccc(N(c4ccccc4)c4ccccc4)cc3)nc1c1ccccc21.[c-]1cccc2c1c1ncc(-c3ccc(N(c4ccccc4)c4ccccc4)cc3)nc1c1ccccc21.c1ccc(N(c2ccccc2)c2ccc(-c3cnc4c5ccccc5c5ccccc5c4n3)cc2)cc1. The maximum atomic E-state index is 10.0. The van der Waals surface area contributed by atoms with Crippen LogP contribution in [0.5, 0.6) is 0 Å². The molecule has 0 saturated heterocycles. The molecule has 1 N–H and O–H groups in total. The molecule has 0 bridgehead atoms. The summed E-state index contributed by atoms with van der Waals surface area (Å²) in [5, 5.41) is 21.9. The van der Waals surface area contributed by atoms with E-state index in [0.29, 0.717) is 0 Å². The second-order valence-electron chi connectivity index (χ2n) is 30.1. The number of carbonyl (C=O) groups excluding carboxylic acids is 3. The van der Waals surface area contributed by atoms with Gasteiger partial charge in [0, 0.05) is 128 Å². The van der Waals surface area contributed by atoms with Crippen molar-refractivity contribution in [1.29, 1.82) is 0 Å². The van der Waals surface area contributed by atoms with Crippen LogP contribution in [0.25, 0.3) is 132 Å². The molecule has 0 aliphatic rings. The molecule has 13 nitrogen and oxygen atoms in total. The van der Waals surface area contributed by atoms with E-state index in [-0.39, 0.29) is 57.1 Å². The van der Waals surface area contributed by atoms with Crippen molar-refractivity contribution in [3.8, 4) is 33.8 Å². The number of Topliss-reactive ketones (excluding diaryl/α,β-unsaturated/α-hetero) is 2. The molecule has 21 rings (SSSR count). The van der Waals surface area contributed by atoms with E-state index in [0.717, 1.165) is 161 Å². The molecule has 127 heavy (non-hydrogen) atoms. The third-order valence-electron chi connectivity index (χ3n) is 21.4. The van der Waals surface area contributed by atoms with Crippen LogP contribution in [0.4, 0.5) is 51.2 Å². The molecule has 0 saturated carbocycles. The molecular weight excluding hydrogens is 1740 g/mol. The third-order valence-corrected chi connectivity index (χ3v) is 21.4. The van der Waals surface area contributed by atoms with Gasteiger partial charge in [0.15, 0.2) is 5.78 Å². The van der Waals surface area contributed by atoms with Gasteiger partial charge < -0.3 is 29.8 Å². The van der Waals surface area contributed by atoms with E-state index < -0.39 is 0 Å². The summed E-state index contributed by atoms with van der Waals surface area (Å²) in [6, 6.07) is 141. The number of hydrogen-bond acceptors (Lipinski definition) is 13.